The minimum Gasteiger partial charge on any atom is -0.756 e. The fourth-order valence-electron chi connectivity index (χ4n) is 14.3. The van der Waals surface area contributed by atoms with Gasteiger partial charge in [-0.1, -0.05) is 476 Å². The quantitative estimate of drug-likeness (QED) is 0.0256. The summed E-state index contributed by atoms with van der Waals surface area (Å²) in [5.74, 6) is -0.798. The first-order valence-corrected chi connectivity index (χ1v) is 46.2. The summed E-state index contributed by atoms with van der Waals surface area (Å²) >= 11 is 0. The van der Waals surface area contributed by atoms with E-state index in [0.29, 0.717) is 17.4 Å². The number of quaternary nitrogens is 1. The molecule has 0 aliphatic rings. The number of esters is 2. The molecule has 0 saturated carbocycles. The normalized spacial score (nSPS) is 12.8. The van der Waals surface area contributed by atoms with Gasteiger partial charge in [-0.3, -0.25) is 14.2 Å². The Morgan fingerprint density at radius 2 is 0.459 bits per heavy atom. The molecule has 9 nitrogen and oxygen atoms in total. The lowest BCUT2D eigenvalue weighted by Gasteiger charge is -2.28. The van der Waals surface area contributed by atoms with Crippen LogP contribution in [0.1, 0.15) is 502 Å². The predicted octanol–water partition coefficient (Wildman–Crippen LogP) is 29.3. The van der Waals surface area contributed by atoms with Crippen LogP contribution < -0.4 is 4.89 Å². The van der Waals surface area contributed by atoms with Crippen molar-refractivity contribution < 1.29 is 42.1 Å². The molecule has 0 heterocycles. The molecule has 0 aliphatic heterocycles. The summed E-state index contributed by atoms with van der Waals surface area (Å²) in [7, 11) is 1.20. The van der Waals surface area contributed by atoms with Crippen LogP contribution in [0.2, 0.25) is 0 Å². The van der Waals surface area contributed by atoms with E-state index in [1.54, 1.807) is 0 Å². The molecule has 10 heteroatoms. The molecule has 0 spiro atoms. The highest BCUT2D eigenvalue weighted by atomic mass is 31.2. The Morgan fingerprint density at radius 3 is 0.653 bits per heavy atom. The average Bonchev–Trinajstić information content (AvgIpc) is 1.14. The third-order valence-electron chi connectivity index (χ3n) is 21.1. The van der Waals surface area contributed by atoms with Crippen LogP contribution in [-0.2, 0) is 32.7 Å². The second-order valence-corrected chi connectivity index (χ2v) is 33.8. The number of phosphoric ester groups is 1. The summed E-state index contributed by atoms with van der Waals surface area (Å²) < 4.78 is 34.5. The molecular formula is C88H176NO8P. The van der Waals surface area contributed by atoms with E-state index < -0.39 is 26.5 Å². The Hall–Kier alpha value is -0.990. The van der Waals surface area contributed by atoms with Gasteiger partial charge in [-0.25, -0.2) is 0 Å². The molecule has 2 unspecified atom stereocenters. The lowest BCUT2D eigenvalue weighted by Crippen LogP contribution is -2.37. The van der Waals surface area contributed by atoms with Gasteiger partial charge in [-0.2, -0.15) is 0 Å². The van der Waals surface area contributed by atoms with Crippen LogP contribution in [-0.4, -0.2) is 70.0 Å². The average molecular weight is 1410 g/mol. The Balaban J connectivity index is 3.82. The van der Waals surface area contributed by atoms with Crippen molar-refractivity contribution in [1.29, 1.82) is 0 Å². The van der Waals surface area contributed by atoms with Crippen molar-refractivity contribution in [1.82, 2.24) is 0 Å². The van der Waals surface area contributed by atoms with Gasteiger partial charge < -0.3 is 27.9 Å². The van der Waals surface area contributed by atoms with E-state index in [2.05, 4.69) is 13.8 Å². The molecule has 0 radical (unpaired) electrons. The van der Waals surface area contributed by atoms with Crippen LogP contribution in [0, 0.1) is 0 Å². The third kappa shape index (κ3) is 84.0. The van der Waals surface area contributed by atoms with Crippen molar-refractivity contribution in [2.45, 2.75) is 508 Å². The van der Waals surface area contributed by atoms with E-state index in [4.69, 9.17) is 18.5 Å². The van der Waals surface area contributed by atoms with Crippen molar-refractivity contribution in [3.63, 3.8) is 0 Å². The van der Waals surface area contributed by atoms with Crippen LogP contribution in [0.25, 0.3) is 0 Å². The van der Waals surface area contributed by atoms with Crippen LogP contribution in [0.5, 0.6) is 0 Å². The summed E-state index contributed by atoms with van der Waals surface area (Å²) in [6.45, 7) is 4.36. The van der Waals surface area contributed by atoms with Gasteiger partial charge in [-0.05, 0) is 12.8 Å². The molecule has 0 bridgehead atoms. The van der Waals surface area contributed by atoms with E-state index in [9.17, 15) is 19.0 Å². The molecule has 0 amide bonds. The largest absolute Gasteiger partial charge is 0.756 e. The summed E-state index contributed by atoms with van der Waals surface area (Å²) in [4.78, 5) is 38.2. The number of nitrogens with zero attached hydrogens (tertiary/aromatic N) is 1. The zero-order valence-corrected chi connectivity index (χ0v) is 68.2. The highest BCUT2D eigenvalue weighted by molar-refractivity contribution is 7.45. The molecule has 0 aliphatic carbocycles. The minimum absolute atomic E-state index is 0.0245. The van der Waals surface area contributed by atoms with Crippen molar-refractivity contribution in [3.8, 4) is 0 Å². The fraction of sp³-hybridized carbons (Fsp3) is 0.977. The zero-order valence-electron chi connectivity index (χ0n) is 67.3. The number of unbranched alkanes of at least 4 members (excludes halogenated alkanes) is 72. The Bertz CT molecular complexity index is 1610. The number of rotatable bonds is 86. The maximum atomic E-state index is 12.9. The van der Waals surface area contributed by atoms with Crippen LogP contribution in [0.3, 0.4) is 0 Å². The molecule has 0 rings (SSSR count). The maximum absolute atomic E-state index is 12.9. The SMILES string of the molecule is CCCCCCCCCCCCCCCCCCCCCCCCCCCCCCCCCCCCCCCC(=O)OCC(COP(=O)([O-])OCC[N+](C)(C)C)OC(=O)CCCCCCCCCCCCCCCCCCCCCCCCCCCCCCCCCCCCCCC. The van der Waals surface area contributed by atoms with Gasteiger partial charge in [0.2, 0.25) is 0 Å². The molecule has 0 fully saturated rings. The second kappa shape index (κ2) is 80.1. The van der Waals surface area contributed by atoms with E-state index in [1.165, 1.54) is 437 Å². The number of ether oxygens (including phenoxy) is 2. The van der Waals surface area contributed by atoms with Crippen molar-refractivity contribution in [3.05, 3.63) is 0 Å². The molecule has 0 aromatic rings. The lowest BCUT2D eigenvalue weighted by molar-refractivity contribution is -0.870. The van der Waals surface area contributed by atoms with Gasteiger partial charge in [0.1, 0.15) is 19.8 Å². The first-order valence-electron chi connectivity index (χ1n) is 44.7. The minimum atomic E-state index is -4.64. The van der Waals surface area contributed by atoms with Gasteiger partial charge in [0.25, 0.3) is 7.82 Å². The Morgan fingerprint density at radius 1 is 0.276 bits per heavy atom. The molecule has 0 N–H and O–H groups in total. The monoisotopic (exact) mass is 1410 g/mol. The van der Waals surface area contributed by atoms with Gasteiger partial charge in [0, 0.05) is 12.8 Å². The molecule has 0 saturated heterocycles. The van der Waals surface area contributed by atoms with E-state index in [0.717, 1.165) is 32.1 Å². The van der Waals surface area contributed by atoms with Crippen LogP contribution >= 0.6 is 7.82 Å². The highest BCUT2D eigenvalue weighted by Gasteiger charge is 2.22. The van der Waals surface area contributed by atoms with Gasteiger partial charge >= 0.3 is 11.9 Å². The molecule has 586 valence electrons. The van der Waals surface area contributed by atoms with Crippen molar-refractivity contribution >= 4 is 19.8 Å². The highest BCUT2D eigenvalue weighted by Crippen LogP contribution is 2.38. The first-order chi connectivity index (χ1) is 48.0. The molecule has 0 aromatic carbocycles. The standard InChI is InChI=1S/C88H176NO8P/c1-6-8-10-12-14-16-18-20-22-24-26-28-30-32-34-36-38-40-42-44-46-48-50-52-54-56-58-60-62-64-66-68-70-72-74-76-78-80-87(90)94-84-86(85-96-98(92,93)95-83-82-89(3,4)5)97-88(91)81-79-77-75-73-71-69-67-65-63-61-59-57-55-53-51-49-47-45-43-41-39-37-35-33-31-29-27-25-23-21-19-17-15-13-11-9-7-2/h86H,6-85H2,1-5H3. The maximum Gasteiger partial charge on any atom is 0.306 e. The van der Waals surface area contributed by atoms with Gasteiger partial charge in [-0.15, -0.1) is 0 Å². The van der Waals surface area contributed by atoms with Gasteiger partial charge in [0.15, 0.2) is 6.10 Å². The Kier molecular flexibility index (Phi) is 79.3. The smallest absolute Gasteiger partial charge is 0.306 e. The number of phosphoric acid groups is 1. The summed E-state index contributed by atoms with van der Waals surface area (Å²) in [6.07, 6.45) is 101. The predicted molar refractivity (Wildman–Crippen MR) is 425 cm³/mol. The fourth-order valence-corrected chi connectivity index (χ4v) is 15.0. The number of hydrogen-bond donors (Lipinski definition) is 0. The molecule has 98 heavy (non-hydrogen) atoms. The number of likely N-dealkylation sites (N-methyl/N-ethyl adjacent to an activating group) is 1. The molecule has 0 aromatic heterocycles. The van der Waals surface area contributed by atoms with Crippen molar-refractivity contribution in [2.75, 3.05) is 47.5 Å². The summed E-state index contributed by atoms with van der Waals surface area (Å²) in [5.41, 5.74) is 0. The number of hydrogen-bond acceptors (Lipinski definition) is 8. The first kappa shape index (κ1) is 97.0. The van der Waals surface area contributed by atoms with E-state index in [-0.39, 0.29) is 32.0 Å². The molecule has 2 atom stereocenters. The topological polar surface area (TPSA) is 111 Å². The third-order valence-corrected chi connectivity index (χ3v) is 22.1. The zero-order chi connectivity index (χ0) is 71.1. The Labute approximate surface area is 614 Å². The summed E-state index contributed by atoms with van der Waals surface area (Å²) in [5, 5.41) is 0. The molecular weight excluding hydrogens is 1230 g/mol. The van der Waals surface area contributed by atoms with Crippen LogP contribution in [0.15, 0.2) is 0 Å². The van der Waals surface area contributed by atoms with E-state index >= 15 is 0 Å². The number of carbonyl (C=O) groups is 2. The second-order valence-electron chi connectivity index (χ2n) is 32.3. The van der Waals surface area contributed by atoms with Crippen LogP contribution in [0.4, 0.5) is 0 Å². The van der Waals surface area contributed by atoms with Crippen molar-refractivity contribution in [2.24, 2.45) is 0 Å². The number of carbonyl (C=O) groups excluding carboxylic acids is 2. The lowest BCUT2D eigenvalue weighted by atomic mass is 10.0. The summed E-state index contributed by atoms with van der Waals surface area (Å²) in [6, 6.07) is 0. The van der Waals surface area contributed by atoms with E-state index in [1.807, 2.05) is 21.1 Å². The van der Waals surface area contributed by atoms with Gasteiger partial charge in [0.05, 0.1) is 27.7 Å².